The van der Waals surface area contributed by atoms with Crippen molar-refractivity contribution in [3.05, 3.63) is 11.7 Å². The van der Waals surface area contributed by atoms with Crippen LogP contribution in [0, 0.1) is 0 Å². The number of carbonyl (C=O) groups is 1. The summed E-state index contributed by atoms with van der Waals surface area (Å²) in [7, 11) is 0. The average Bonchev–Trinajstić information content (AvgIpc) is 2.83. The number of nitrogens with one attached hydrogen (secondary N) is 1. The molecule has 1 aromatic rings. The third kappa shape index (κ3) is 5.29. The summed E-state index contributed by atoms with van der Waals surface area (Å²) in [5, 5.41) is 5.85. The van der Waals surface area contributed by atoms with Gasteiger partial charge in [0.1, 0.15) is 0 Å². The van der Waals surface area contributed by atoms with Gasteiger partial charge in [-0.3, -0.25) is 4.79 Å². The first kappa shape index (κ1) is 15.5. The highest BCUT2D eigenvalue weighted by Gasteiger charge is 2.27. The van der Waals surface area contributed by atoms with Gasteiger partial charge in [-0.05, 0) is 0 Å². The number of aryl methyl sites for hydroxylation is 1. The number of hydrogen-bond acceptors (Lipinski definition) is 5. The van der Waals surface area contributed by atoms with Gasteiger partial charge in [-0.15, -0.1) is 0 Å². The van der Waals surface area contributed by atoms with Crippen LogP contribution in [0.4, 0.5) is 8.78 Å². The Morgan fingerprint density at radius 2 is 2.21 bits per heavy atom. The largest absolute Gasteiger partial charge is 0.350 e. The van der Waals surface area contributed by atoms with E-state index in [9.17, 15) is 13.6 Å². The summed E-state index contributed by atoms with van der Waals surface area (Å²) in [6, 6.07) is 0. The minimum Gasteiger partial charge on any atom is -0.350 e. The molecule has 108 valence electrons. The number of alkyl halides is 2. The summed E-state index contributed by atoms with van der Waals surface area (Å²) in [5.41, 5.74) is 4.85. The molecular weight excluding hydrogens is 258 g/mol. The molecule has 0 atom stereocenters. The van der Waals surface area contributed by atoms with Gasteiger partial charge < -0.3 is 15.6 Å². The Kier molecular flexibility index (Phi) is 5.34. The fraction of sp³-hybridized carbons (Fsp3) is 0.727. The quantitative estimate of drug-likeness (QED) is 0.769. The van der Waals surface area contributed by atoms with Gasteiger partial charge in [0.05, 0.1) is 13.1 Å². The molecule has 1 amide bonds. The fourth-order valence-corrected chi connectivity index (χ4v) is 1.21. The second kappa shape index (κ2) is 6.55. The van der Waals surface area contributed by atoms with E-state index in [0.717, 1.165) is 0 Å². The lowest BCUT2D eigenvalue weighted by atomic mass is 10.2. The maximum Gasteiger partial charge on any atom is 0.277 e. The summed E-state index contributed by atoms with van der Waals surface area (Å²) >= 11 is 0. The van der Waals surface area contributed by atoms with Gasteiger partial charge in [-0.1, -0.05) is 19.0 Å². The molecular formula is C11H18F2N4O2. The summed E-state index contributed by atoms with van der Waals surface area (Å²) < 4.78 is 30.5. The van der Waals surface area contributed by atoms with Crippen LogP contribution in [0.25, 0.3) is 0 Å². The van der Waals surface area contributed by atoms with E-state index in [4.69, 9.17) is 10.3 Å². The van der Waals surface area contributed by atoms with E-state index < -0.39 is 24.9 Å². The zero-order chi connectivity index (χ0) is 14.5. The Labute approximate surface area is 109 Å². The van der Waals surface area contributed by atoms with Crippen molar-refractivity contribution in [2.45, 2.75) is 38.5 Å². The van der Waals surface area contributed by atoms with Crippen molar-refractivity contribution < 1.29 is 18.1 Å². The van der Waals surface area contributed by atoms with Gasteiger partial charge in [0.25, 0.3) is 5.92 Å². The van der Waals surface area contributed by atoms with Crippen LogP contribution < -0.4 is 11.1 Å². The molecule has 0 saturated heterocycles. The molecule has 0 bridgehead atoms. The van der Waals surface area contributed by atoms with Crippen LogP contribution in [0.15, 0.2) is 4.52 Å². The lowest BCUT2D eigenvalue weighted by Gasteiger charge is -2.14. The van der Waals surface area contributed by atoms with Crippen molar-refractivity contribution in [1.82, 2.24) is 15.5 Å². The minimum atomic E-state index is -3.08. The highest BCUT2D eigenvalue weighted by Crippen LogP contribution is 2.11. The van der Waals surface area contributed by atoms with Crippen molar-refractivity contribution in [3.8, 4) is 0 Å². The van der Waals surface area contributed by atoms with Crippen LogP contribution in [-0.2, 0) is 11.2 Å². The molecule has 0 fully saturated rings. The van der Waals surface area contributed by atoms with E-state index in [1.165, 1.54) is 0 Å². The van der Waals surface area contributed by atoms with Gasteiger partial charge in [0, 0.05) is 18.8 Å². The van der Waals surface area contributed by atoms with Crippen LogP contribution in [0.3, 0.4) is 0 Å². The first-order valence-corrected chi connectivity index (χ1v) is 6.01. The van der Waals surface area contributed by atoms with E-state index >= 15 is 0 Å². The van der Waals surface area contributed by atoms with Gasteiger partial charge in [0.15, 0.2) is 5.82 Å². The van der Waals surface area contributed by atoms with Crippen LogP contribution >= 0.6 is 0 Å². The molecule has 0 radical (unpaired) electrons. The standard InChI is InChI=1S/C11H18F2N4O2/c1-7(2)10-16-9(19-17-10)4-3-8(18)15-6-11(12,13)5-14/h7H,3-6,14H2,1-2H3,(H,15,18). The van der Waals surface area contributed by atoms with Crippen molar-refractivity contribution in [2.24, 2.45) is 5.73 Å². The number of hydrogen-bond donors (Lipinski definition) is 2. The normalized spacial score (nSPS) is 11.9. The Balaban J connectivity index is 2.33. The molecule has 6 nitrogen and oxygen atoms in total. The number of amides is 1. The molecule has 0 saturated carbocycles. The molecule has 0 aromatic carbocycles. The third-order valence-electron chi connectivity index (χ3n) is 2.41. The van der Waals surface area contributed by atoms with Crippen LogP contribution in [0.2, 0.25) is 0 Å². The first-order chi connectivity index (χ1) is 8.84. The lowest BCUT2D eigenvalue weighted by molar-refractivity contribution is -0.122. The predicted octanol–water partition coefficient (Wildman–Crippen LogP) is 0.836. The second-order valence-electron chi connectivity index (χ2n) is 4.54. The lowest BCUT2D eigenvalue weighted by Crippen LogP contribution is -2.41. The van der Waals surface area contributed by atoms with E-state index in [1.54, 1.807) is 0 Å². The van der Waals surface area contributed by atoms with Crippen molar-refractivity contribution in [2.75, 3.05) is 13.1 Å². The van der Waals surface area contributed by atoms with Crippen molar-refractivity contribution in [1.29, 1.82) is 0 Å². The van der Waals surface area contributed by atoms with Crippen LogP contribution in [0.1, 0.15) is 37.9 Å². The van der Waals surface area contributed by atoms with Crippen molar-refractivity contribution >= 4 is 5.91 Å². The van der Waals surface area contributed by atoms with Gasteiger partial charge in [-0.2, -0.15) is 4.98 Å². The van der Waals surface area contributed by atoms with Gasteiger partial charge in [0.2, 0.25) is 11.8 Å². The van der Waals surface area contributed by atoms with Crippen LogP contribution in [-0.4, -0.2) is 35.1 Å². The molecule has 1 heterocycles. The summed E-state index contributed by atoms with van der Waals surface area (Å²) in [6.07, 6.45) is 0.236. The monoisotopic (exact) mass is 276 g/mol. The first-order valence-electron chi connectivity index (χ1n) is 6.01. The molecule has 19 heavy (non-hydrogen) atoms. The van der Waals surface area contributed by atoms with E-state index in [0.29, 0.717) is 11.7 Å². The molecule has 1 aromatic heterocycles. The number of carbonyl (C=O) groups excluding carboxylic acids is 1. The summed E-state index contributed by atoms with van der Waals surface area (Å²) in [6.45, 7) is 2.27. The van der Waals surface area contributed by atoms with E-state index in [2.05, 4.69) is 15.5 Å². The maximum absolute atomic E-state index is 12.8. The molecule has 3 N–H and O–H groups in total. The number of rotatable bonds is 7. The zero-order valence-corrected chi connectivity index (χ0v) is 10.9. The SMILES string of the molecule is CC(C)c1noc(CCC(=O)NCC(F)(F)CN)n1. The molecule has 8 heteroatoms. The van der Waals surface area contributed by atoms with Gasteiger partial charge in [-0.25, -0.2) is 8.78 Å². The highest BCUT2D eigenvalue weighted by molar-refractivity contribution is 5.76. The Bertz CT molecular complexity index is 421. The minimum absolute atomic E-state index is 0.0143. The molecule has 1 rings (SSSR count). The summed E-state index contributed by atoms with van der Waals surface area (Å²) in [5.74, 6) is -2.56. The molecule has 0 aliphatic carbocycles. The number of nitrogens with two attached hydrogens (primary N) is 1. The van der Waals surface area contributed by atoms with Crippen LogP contribution in [0.5, 0.6) is 0 Å². The Morgan fingerprint density at radius 1 is 1.53 bits per heavy atom. The van der Waals surface area contributed by atoms with Crippen molar-refractivity contribution in [3.63, 3.8) is 0 Å². The fourth-order valence-electron chi connectivity index (χ4n) is 1.21. The predicted molar refractivity (Wildman–Crippen MR) is 63.7 cm³/mol. The second-order valence-corrected chi connectivity index (χ2v) is 4.54. The third-order valence-corrected chi connectivity index (χ3v) is 2.41. The number of aromatic nitrogens is 2. The molecule has 0 aliphatic heterocycles. The number of nitrogens with zero attached hydrogens (tertiary/aromatic N) is 2. The Hall–Kier alpha value is -1.57. The van der Waals surface area contributed by atoms with Gasteiger partial charge >= 0.3 is 0 Å². The summed E-state index contributed by atoms with van der Waals surface area (Å²) in [4.78, 5) is 15.4. The zero-order valence-electron chi connectivity index (χ0n) is 10.9. The highest BCUT2D eigenvalue weighted by atomic mass is 19.3. The number of halogens is 2. The maximum atomic E-state index is 12.8. The van der Waals surface area contributed by atoms with E-state index in [1.807, 2.05) is 13.8 Å². The van der Waals surface area contributed by atoms with E-state index in [-0.39, 0.29) is 18.8 Å². The average molecular weight is 276 g/mol. The Morgan fingerprint density at radius 3 is 2.74 bits per heavy atom. The molecule has 0 unspecified atom stereocenters. The molecule has 0 spiro atoms. The molecule has 0 aliphatic rings. The topological polar surface area (TPSA) is 94.0 Å². The smallest absolute Gasteiger partial charge is 0.277 e.